The maximum Gasteiger partial charge on any atom is 0.328 e. The molecule has 1 unspecified atom stereocenters. The maximum atomic E-state index is 11.5. The normalized spacial score (nSPS) is 12.5. The molecule has 1 heterocycles. The highest BCUT2D eigenvalue weighted by molar-refractivity contribution is 6.03. The van der Waals surface area contributed by atoms with Crippen LogP contribution in [0.4, 0.5) is 0 Å². The van der Waals surface area contributed by atoms with Crippen molar-refractivity contribution < 1.29 is 19.8 Å². The average Bonchev–Trinajstić information content (AvgIpc) is 2.68. The highest BCUT2D eigenvalue weighted by Gasteiger charge is 2.21. The molecule has 1 aromatic heterocycles. The zero-order valence-electron chi connectivity index (χ0n) is 9.38. The van der Waals surface area contributed by atoms with Gasteiger partial charge in [-0.05, 0) is 24.3 Å². The molecule has 0 bridgehead atoms. The summed E-state index contributed by atoms with van der Waals surface area (Å²) in [6.07, 6.45) is -0.0804. The fraction of sp³-hybridized carbons (Fsp3) is 0.167. The van der Waals surface area contributed by atoms with Crippen LogP contribution in [0.5, 0.6) is 5.75 Å². The van der Waals surface area contributed by atoms with Crippen molar-refractivity contribution in [2.75, 3.05) is 0 Å². The molecule has 94 valence electrons. The number of carboxylic acid groups (broad SMARTS) is 1. The summed E-state index contributed by atoms with van der Waals surface area (Å²) < 4.78 is 0. The van der Waals surface area contributed by atoms with Gasteiger partial charge in [-0.2, -0.15) is 0 Å². The van der Waals surface area contributed by atoms with Crippen LogP contribution >= 0.6 is 0 Å². The number of carbonyl (C=O) groups is 2. The standard InChI is InChI=1S/C12H12N2O4/c13-11(12(17)18)10(16)5-7-3-6-4-8(15)1-2-9(6)14-7/h1-4,11,14-15H,5,13H2,(H,17,18). The molecule has 6 heteroatoms. The Morgan fingerprint density at radius 2 is 2.06 bits per heavy atom. The third kappa shape index (κ3) is 2.33. The third-order valence-electron chi connectivity index (χ3n) is 2.64. The van der Waals surface area contributed by atoms with Crippen molar-refractivity contribution in [3.05, 3.63) is 30.0 Å². The molecule has 5 N–H and O–H groups in total. The van der Waals surface area contributed by atoms with Gasteiger partial charge in [0.2, 0.25) is 0 Å². The second-order valence-electron chi connectivity index (χ2n) is 4.03. The van der Waals surface area contributed by atoms with E-state index in [1.807, 2.05) is 0 Å². The molecule has 2 rings (SSSR count). The Labute approximate surface area is 102 Å². The number of hydrogen-bond donors (Lipinski definition) is 4. The van der Waals surface area contributed by atoms with Crippen LogP contribution in [0.25, 0.3) is 10.9 Å². The average molecular weight is 248 g/mol. The van der Waals surface area contributed by atoms with Gasteiger partial charge >= 0.3 is 5.97 Å². The number of H-pyrrole nitrogens is 1. The van der Waals surface area contributed by atoms with Crippen LogP contribution in [0.3, 0.4) is 0 Å². The molecule has 0 aliphatic carbocycles. The van der Waals surface area contributed by atoms with Gasteiger partial charge in [0.15, 0.2) is 11.8 Å². The first kappa shape index (κ1) is 12.1. The Balaban J connectivity index is 2.22. The van der Waals surface area contributed by atoms with E-state index in [0.717, 1.165) is 10.9 Å². The molecule has 0 radical (unpaired) electrons. The van der Waals surface area contributed by atoms with Crippen LogP contribution in [0.15, 0.2) is 24.3 Å². The monoisotopic (exact) mass is 248 g/mol. The zero-order chi connectivity index (χ0) is 13.3. The predicted octanol–water partition coefficient (Wildman–Crippen LogP) is 0.397. The summed E-state index contributed by atoms with van der Waals surface area (Å²) in [6, 6.07) is 4.92. The van der Waals surface area contributed by atoms with Crippen LogP contribution in [-0.4, -0.2) is 33.0 Å². The molecule has 0 saturated carbocycles. The van der Waals surface area contributed by atoms with Crippen molar-refractivity contribution in [2.45, 2.75) is 12.5 Å². The SMILES string of the molecule is NC(C(=O)O)C(=O)Cc1cc2cc(O)ccc2[nH]1. The number of benzene rings is 1. The number of aliphatic carboxylic acids is 1. The van der Waals surface area contributed by atoms with E-state index < -0.39 is 17.8 Å². The number of rotatable bonds is 4. The van der Waals surface area contributed by atoms with Crippen molar-refractivity contribution in [2.24, 2.45) is 5.73 Å². The number of phenols is 1. The molecular formula is C12H12N2O4. The minimum absolute atomic E-state index is 0.0804. The molecule has 6 nitrogen and oxygen atoms in total. The summed E-state index contributed by atoms with van der Waals surface area (Å²) in [5.41, 5.74) is 6.55. The van der Waals surface area contributed by atoms with Crippen molar-refractivity contribution in [1.82, 2.24) is 4.98 Å². The highest BCUT2D eigenvalue weighted by atomic mass is 16.4. The number of carbonyl (C=O) groups excluding carboxylic acids is 1. The highest BCUT2D eigenvalue weighted by Crippen LogP contribution is 2.20. The van der Waals surface area contributed by atoms with E-state index in [0.29, 0.717) is 5.69 Å². The molecule has 1 atom stereocenters. The van der Waals surface area contributed by atoms with E-state index in [4.69, 9.17) is 10.8 Å². The molecule has 0 aliphatic heterocycles. The van der Waals surface area contributed by atoms with Gasteiger partial charge in [-0.1, -0.05) is 0 Å². The second-order valence-corrected chi connectivity index (χ2v) is 4.03. The van der Waals surface area contributed by atoms with Crippen LogP contribution in [0.2, 0.25) is 0 Å². The van der Waals surface area contributed by atoms with Crippen LogP contribution in [0, 0.1) is 0 Å². The molecule has 2 aromatic rings. The number of carboxylic acids is 1. The molecule has 0 spiro atoms. The number of phenolic OH excluding ortho intramolecular Hbond substituents is 1. The van der Waals surface area contributed by atoms with Crippen molar-refractivity contribution in [3.63, 3.8) is 0 Å². The molecule has 0 fully saturated rings. The lowest BCUT2D eigenvalue weighted by molar-refractivity contribution is -0.142. The largest absolute Gasteiger partial charge is 0.508 e. The summed E-state index contributed by atoms with van der Waals surface area (Å²) in [5.74, 6) is -1.78. The van der Waals surface area contributed by atoms with E-state index in [9.17, 15) is 14.7 Å². The van der Waals surface area contributed by atoms with E-state index in [2.05, 4.69) is 4.98 Å². The molecule has 0 saturated heterocycles. The van der Waals surface area contributed by atoms with Gasteiger partial charge in [0.05, 0.1) is 0 Å². The smallest absolute Gasteiger partial charge is 0.328 e. The number of fused-ring (bicyclic) bond motifs is 1. The minimum Gasteiger partial charge on any atom is -0.508 e. The lowest BCUT2D eigenvalue weighted by Gasteiger charge is -2.03. The fourth-order valence-corrected chi connectivity index (χ4v) is 1.71. The van der Waals surface area contributed by atoms with Crippen LogP contribution in [-0.2, 0) is 16.0 Å². The number of aromatic nitrogens is 1. The first-order valence-corrected chi connectivity index (χ1v) is 5.29. The second kappa shape index (κ2) is 4.50. The van der Waals surface area contributed by atoms with Gasteiger partial charge in [0.25, 0.3) is 0 Å². The van der Waals surface area contributed by atoms with Gasteiger partial charge in [-0.3, -0.25) is 9.59 Å². The molecule has 1 aromatic carbocycles. The number of nitrogens with two attached hydrogens (primary N) is 1. The van der Waals surface area contributed by atoms with Gasteiger partial charge in [0, 0.05) is 23.0 Å². The number of Topliss-reactive ketones (excluding diaryl/α,β-unsaturated/α-hetero) is 1. The Bertz CT molecular complexity index is 618. The summed E-state index contributed by atoms with van der Waals surface area (Å²) >= 11 is 0. The number of nitrogens with one attached hydrogen (secondary N) is 1. The molecular weight excluding hydrogens is 236 g/mol. The van der Waals surface area contributed by atoms with Crippen molar-refractivity contribution in [3.8, 4) is 5.75 Å². The Kier molecular flexibility index (Phi) is 3.03. The Morgan fingerprint density at radius 3 is 2.72 bits per heavy atom. The summed E-state index contributed by atoms with van der Waals surface area (Å²) in [7, 11) is 0. The van der Waals surface area contributed by atoms with E-state index >= 15 is 0 Å². The number of aromatic amines is 1. The summed E-state index contributed by atoms with van der Waals surface area (Å²) in [6.45, 7) is 0. The van der Waals surface area contributed by atoms with Gasteiger partial charge in [-0.25, -0.2) is 0 Å². The molecule has 18 heavy (non-hydrogen) atoms. The van der Waals surface area contributed by atoms with Crippen molar-refractivity contribution >= 4 is 22.7 Å². The van der Waals surface area contributed by atoms with E-state index in [-0.39, 0.29) is 12.2 Å². The van der Waals surface area contributed by atoms with Crippen molar-refractivity contribution in [1.29, 1.82) is 0 Å². The zero-order valence-corrected chi connectivity index (χ0v) is 9.38. The molecule has 0 aliphatic rings. The lowest BCUT2D eigenvalue weighted by atomic mass is 10.1. The van der Waals surface area contributed by atoms with Gasteiger partial charge in [0.1, 0.15) is 5.75 Å². The number of hydrogen-bond acceptors (Lipinski definition) is 4. The quantitative estimate of drug-likeness (QED) is 0.584. The minimum atomic E-state index is -1.51. The Hall–Kier alpha value is -2.34. The first-order valence-electron chi connectivity index (χ1n) is 5.29. The number of ketones is 1. The van der Waals surface area contributed by atoms with E-state index in [1.165, 1.54) is 6.07 Å². The number of aromatic hydroxyl groups is 1. The lowest BCUT2D eigenvalue weighted by Crippen LogP contribution is -2.39. The third-order valence-corrected chi connectivity index (χ3v) is 2.64. The van der Waals surface area contributed by atoms with Gasteiger partial charge in [-0.15, -0.1) is 0 Å². The maximum absolute atomic E-state index is 11.5. The van der Waals surface area contributed by atoms with Crippen LogP contribution in [0.1, 0.15) is 5.69 Å². The van der Waals surface area contributed by atoms with E-state index in [1.54, 1.807) is 18.2 Å². The van der Waals surface area contributed by atoms with Gasteiger partial charge < -0.3 is 20.9 Å². The predicted molar refractivity (Wildman–Crippen MR) is 64.3 cm³/mol. The first-order chi connectivity index (χ1) is 8.47. The van der Waals surface area contributed by atoms with Crippen LogP contribution < -0.4 is 5.73 Å². The molecule has 0 amide bonds. The topological polar surface area (TPSA) is 116 Å². The summed E-state index contributed by atoms with van der Waals surface area (Å²) in [4.78, 5) is 25.0. The summed E-state index contributed by atoms with van der Waals surface area (Å²) in [5, 5.41) is 18.7. The fourth-order valence-electron chi connectivity index (χ4n) is 1.71. The Morgan fingerprint density at radius 1 is 1.33 bits per heavy atom.